The van der Waals surface area contributed by atoms with E-state index in [-0.39, 0.29) is 0 Å². The molecule has 0 spiro atoms. The lowest BCUT2D eigenvalue weighted by atomic mass is 10.1. The number of para-hydroxylation sites is 2. The molecule has 0 bridgehead atoms. The monoisotopic (exact) mass is 360 g/mol. The van der Waals surface area contributed by atoms with Crippen LogP contribution in [0.2, 0.25) is 0 Å². The number of fused-ring (bicyclic) bond motifs is 7. The lowest BCUT2D eigenvalue weighted by Crippen LogP contribution is -1.93. The third-order valence-corrected chi connectivity index (χ3v) is 5.97. The Kier molecular flexibility index (Phi) is 3.05. The van der Waals surface area contributed by atoms with E-state index in [9.17, 15) is 0 Å². The van der Waals surface area contributed by atoms with Crippen molar-refractivity contribution in [2.24, 2.45) is 7.05 Å². The van der Waals surface area contributed by atoms with E-state index in [4.69, 9.17) is 0 Å². The van der Waals surface area contributed by atoms with Gasteiger partial charge in [0.1, 0.15) is 0 Å². The molecule has 0 saturated heterocycles. The molecule has 4 aromatic carbocycles. The van der Waals surface area contributed by atoms with E-state index in [0.717, 1.165) is 0 Å². The average molecular weight is 360 g/mol. The second kappa shape index (κ2) is 5.49. The molecule has 0 unspecified atom stereocenters. The van der Waals surface area contributed by atoms with E-state index in [1.165, 1.54) is 54.9 Å². The Bertz CT molecular complexity index is 1510. The molecule has 2 nitrogen and oxygen atoms in total. The fraction of sp³-hybridized carbons (Fsp3) is 0.0769. The Hall–Kier alpha value is -3.52. The van der Waals surface area contributed by atoms with Gasteiger partial charge in [-0.15, -0.1) is 0 Å². The summed E-state index contributed by atoms with van der Waals surface area (Å²) in [6.07, 6.45) is 0. The number of hydrogen-bond donors (Lipinski definition) is 0. The topological polar surface area (TPSA) is 9.86 Å². The maximum Gasteiger partial charge on any atom is 0.0590 e. The molecule has 0 fully saturated rings. The highest BCUT2D eigenvalue weighted by atomic mass is 15.0. The standard InChI is InChI=1S/C26H20N2/c1-17-12-13-21-24(16-17)28(18-8-4-3-5-9-18)23-15-14-20-19-10-6-7-11-22(19)27(2)26(20)25(21)23/h3-16H,1-2H3. The highest BCUT2D eigenvalue weighted by Gasteiger charge is 2.18. The minimum Gasteiger partial charge on any atom is -0.343 e. The number of benzene rings is 4. The van der Waals surface area contributed by atoms with Crippen molar-refractivity contribution in [3.8, 4) is 5.69 Å². The molecule has 28 heavy (non-hydrogen) atoms. The smallest absolute Gasteiger partial charge is 0.0590 e. The molecule has 2 aromatic heterocycles. The highest BCUT2D eigenvalue weighted by molar-refractivity contribution is 6.25. The molecule has 0 atom stereocenters. The van der Waals surface area contributed by atoms with E-state index in [2.05, 4.69) is 108 Å². The van der Waals surface area contributed by atoms with Crippen molar-refractivity contribution in [1.82, 2.24) is 9.13 Å². The molecule has 0 saturated carbocycles. The summed E-state index contributed by atoms with van der Waals surface area (Å²) in [5.41, 5.74) is 7.58. The van der Waals surface area contributed by atoms with Crippen LogP contribution in [0.1, 0.15) is 5.56 Å². The van der Waals surface area contributed by atoms with Crippen LogP contribution < -0.4 is 0 Å². The number of rotatable bonds is 1. The lowest BCUT2D eigenvalue weighted by molar-refractivity contribution is 1.02. The fourth-order valence-electron chi connectivity index (χ4n) is 4.74. The van der Waals surface area contributed by atoms with Crippen LogP contribution in [-0.2, 0) is 7.05 Å². The Morgan fingerprint density at radius 1 is 0.607 bits per heavy atom. The van der Waals surface area contributed by atoms with E-state index in [1.807, 2.05) is 0 Å². The molecule has 0 amide bonds. The third kappa shape index (κ3) is 1.92. The first-order valence-electron chi connectivity index (χ1n) is 9.70. The van der Waals surface area contributed by atoms with Crippen molar-refractivity contribution in [3.63, 3.8) is 0 Å². The average Bonchev–Trinajstić information content (AvgIpc) is 3.21. The largest absolute Gasteiger partial charge is 0.343 e. The summed E-state index contributed by atoms with van der Waals surface area (Å²) >= 11 is 0. The van der Waals surface area contributed by atoms with Gasteiger partial charge < -0.3 is 9.13 Å². The van der Waals surface area contributed by atoms with Gasteiger partial charge in [-0.1, -0.05) is 54.6 Å². The zero-order valence-electron chi connectivity index (χ0n) is 16.0. The van der Waals surface area contributed by atoms with Gasteiger partial charge in [-0.2, -0.15) is 0 Å². The van der Waals surface area contributed by atoms with Crippen LogP contribution in [-0.4, -0.2) is 9.13 Å². The summed E-state index contributed by atoms with van der Waals surface area (Å²) in [5, 5.41) is 5.27. The van der Waals surface area contributed by atoms with E-state index < -0.39 is 0 Å². The van der Waals surface area contributed by atoms with Gasteiger partial charge in [-0.3, -0.25) is 0 Å². The summed E-state index contributed by atoms with van der Waals surface area (Å²) in [6, 6.07) is 30.7. The summed E-state index contributed by atoms with van der Waals surface area (Å²) in [7, 11) is 2.18. The van der Waals surface area contributed by atoms with Crippen molar-refractivity contribution < 1.29 is 0 Å². The zero-order chi connectivity index (χ0) is 18.8. The molecule has 0 radical (unpaired) electrons. The quantitative estimate of drug-likeness (QED) is 0.307. The number of nitrogens with zero attached hydrogens (tertiary/aromatic N) is 2. The minimum absolute atomic E-state index is 1.20. The summed E-state index contributed by atoms with van der Waals surface area (Å²) < 4.78 is 4.75. The van der Waals surface area contributed by atoms with Crippen LogP contribution in [0.25, 0.3) is 49.3 Å². The van der Waals surface area contributed by atoms with E-state index in [0.29, 0.717) is 0 Å². The zero-order valence-corrected chi connectivity index (χ0v) is 16.0. The van der Waals surface area contributed by atoms with Crippen molar-refractivity contribution in [1.29, 1.82) is 0 Å². The first-order valence-corrected chi connectivity index (χ1v) is 9.70. The van der Waals surface area contributed by atoms with Gasteiger partial charge in [-0.05, 0) is 42.8 Å². The van der Waals surface area contributed by atoms with Gasteiger partial charge in [0.2, 0.25) is 0 Å². The summed E-state index contributed by atoms with van der Waals surface area (Å²) in [4.78, 5) is 0. The second-order valence-corrected chi connectivity index (χ2v) is 7.62. The molecule has 2 heteroatoms. The van der Waals surface area contributed by atoms with Gasteiger partial charge >= 0.3 is 0 Å². The van der Waals surface area contributed by atoms with Crippen LogP contribution in [0.15, 0.2) is 84.9 Å². The van der Waals surface area contributed by atoms with Crippen LogP contribution in [0.3, 0.4) is 0 Å². The maximum atomic E-state index is 2.40. The fourth-order valence-corrected chi connectivity index (χ4v) is 4.74. The van der Waals surface area contributed by atoms with Crippen LogP contribution in [0.5, 0.6) is 0 Å². The molecular formula is C26H20N2. The Morgan fingerprint density at radius 2 is 1.36 bits per heavy atom. The number of aromatic nitrogens is 2. The molecule has 0 aliphatic heterocycles. The number of aryl methyl sites for hydroxylation is 2. The SMILES string of the molecule is Cc1ccc2c3c4c(ccc3n(-c3ccccc3)c2c1)c1ccccc1n4C. The molecule has 0 N–H and O–H groups in total. The highest BCUT2D eigenvalue weighted by Crippen LogP contribution is 2.40. The predicted molar refractivity (Wildman–Crippen MR) is 120 cm³/mol. The molecule has 2 heterocycles. The van der Waals surface area contributed by atoms with E-state index >= 15 is 0 Å². The number of hydrogen-bond acceptors (Lipinski definition) is 0. The Balaban J connectivity index is 1.92. The van der Waals surface area contributed by atoms with Gasteiger partial charge in [0.25, 0.3) is 0 Å². The first-order chi connectivity index (χ1) is 13.7. The molecule has 134 valence electrons. The lowest BCUT2D eigenvalue weighted by Gasteiger charge is -2.08. The predicted octanol–water partition coefficient (Wildman–Crippen LogP) is 6.74. The van der Waals surface area contributed by atoms with Crippen LogP contribution >= 0.6 is 0 Å². The van der Waals surface area contributed by atoms with Gasteiger partial charge in [0, 0.05) is 39.8 Å². The van der Waals surface area contributed by atoms with Crippen molar-refractivity contribution in [2.75, 3.05) is 0 Å². The van der Waals surface area contributed by atoms with E-state index in [1.54, 1.807) is 0 Å². The third-order valence-electron chi connectivity index (χ3n) is 5.97. The van der Waals surface area contributed by atoms with Crippen molar-refractivity contribution >= 4 is 43.6 Å². The van der Waals surface area contributed by atoms with Crippen molar-refractivity contribution in [3.05, 3.63) is 90.5 Å². The Morgan fingerprint density at radius 3 is 2.21 bits per heavy atom. The molecule has 6 aromatic rings. The Labute approximate surface area is 163 Å². The molecular weight excluding hydrogens is 340 g/mol. The molecule has 6 rings (SSSR count). The normalized spacial score (nSPS) is 11.9. The minimum atomic E-state index is 1.20. The van der Waals surface area contributed by atoms with Crippen LogP contribution in [0, 0.1) is 6.92 Å². The summed E-state index contributed by atoms with van der Waals surface area (Å²) in [5.74, 6) is 0. The van der Waals surface area contributed by atoms with Crippen LogP contribution in [0.4, 0.5) is 0 Å². The molecule has 0 aliphatic carbocycles. The molecule has 0 aliphatic rings. The van der Waals surface area contributed by atoms with Crippen molar-refractivity contribution in [2.45, 2.75) is 6.92 Å². The maximum absolute atomic E-state index is 2.40. The summed E-state index contributed by atoms with van der Waals surface area (Å²) in [6.45, 7) is 2.17. The first kappa shape index (κ1) is 15.5. The van der Waals surface area contributed by atoms with Gasteiger partial charge in [0.15, 0.2) is 0 Å². The van der Waals surface area contributed by atoms with Gasteiger partial charge in [0.05, 0.1) is 16.6 Å². The second-order valence-electron chi connectivity index (χ2n) is 7.62. The van der Waals surface area contributed by atoms with Gasteiger partial charge in [-0.25, -0.2) is 0 Å².